The molecule has 3 aliphatic rings. The summed E-state index contributed by atoms with van der Waals surface area (Å²) in [5.41, 5.74) is -2.55. The van der Waals surface area contributed by atoms with Gasteiger partial charge in [-0.25, -0.2) is 0 Å². The highest BCUT2D eigenvalue weighted by Crippen LogP contribution is 2.38. The Kier molecular flexibility index (Phi) is 12.4. The van der Waals surface area contributed by atoms with Gasteiger partial charge in [-0.05, 0) is 74.5 Å². The summed E-state index contributed by atoms with van der Waals surface area (Å²) in [5, 5.41) is 14.6. The van der Waals surface area contributed by atoms with Gasteiger partial charge in [-0.15, -0.1) is 0 Å². The number of rotatable bonds is 5. The largest absolute Gasteiger partial charge is 0.460 e. The number of aliphatic hydroxyl groups excluding tert-OH is 1. The van der Waals surface area contributed by atoms with Gasteiger partial charge < -0.3 is 39.2 Å². The van der Waals surface area contributed by atoms with Gasteiger partial charge in [-0.1, -0.05) is 13.8 Å². The van der Waals surface area contributed by atoms with Crippen molar-refractivity contribution in [3.05, 3.63) is 0 Å². The second-order valence-corrected chi connectivity index (χ2v) is 14.3. The quantitative estimate of drug-likeness (QED) is 0.337. The number of ether oxygens (including phenoxy) is 4. The van der Waals surface area contributed by atoms with Gasteiger partial charge in [0.1, 0.15) is 23.7 Å². The van der Waals surface area contributed by atoms with Crippen molar-refractivity contribution >= 4 is 17.7 Å². The van der Waals surface area contributed by atoms with Crippen molar-refractivity contribution in [1.82, 2.24) is 20.0 Å². The van der Waals surface area contributed by atoms with Crippen LogP contribution < -0.4 is 5.32 Å². The number of methoxy groups -OCH3 is 1. The predicted octanol–water partition coefficient (Wildman–Crippen LogP) is 1.14. The fraction of sp³-hybridized carbons (Fsp3) is 0.906. The van der Waals surface area contributed by atoms with Crippen LogP contribution in [0.4, 0.5) is 0 Å². The van der Waals surface area contributed by atoms with Crippen LogP contribution in [0.2, 0.25) is 0 Å². The van der Waals surface area contributed by atoms with E-state index in [2.05, 4.69) is 12.2 Å². The van der Waals surface area contributed by atoms with Gasteiger partial charge in [-0.3, -0.25) is 19.3 Å². The molecule has 0 aromatic rings. The number of Topliss-reactive ketones (excluding diaryl/α,β-unsaturated/α-hetero) is 1. The molecule has 10 atom stereocenters. The fourth-order valence-electron chi connectivity index (χ4n) is 7.27. The molecule has 0 spiro atoms. The lowest BCUT2D eigenvalue weighted by atomic mass is 9.74. The maximum Gasteiger partial charge on any atom is 0.319 e. The first-order valence-electron chi connectivity index (χ1n) is 16.1. The summed E-state index contributed by atoms with van der Waals surface area (Å²) < 4.78 is 24.8. The van der Waals surface area contributed by atoms with Gasteiger partial charge in [0.2, 0.25) is 5.91 Å². The second kappa shape index (κ2) is 14.8. The standard InChI is InChI=1S/C32H58N4O8/c1-19-17-32(7,41-11)27(44-29-25(37)23(34(8)9)16-20(2)42-29)21(3)26(38)31(5,6)30(40)43-22(4)24(35(10)18-19)28(39)36-14-12-33-13-15-36/h19-25,27,29,33,37H,12-18H2,1-11H3/t19-,20-,21+,22+,23+,24?,25-,27-,29+,32-/m1/s1. The van der Waals surface area contributed by atoms with E-state index in [1.165, 1.54) is 0 Å². The number of nitrogens with zero attached hydrogens (tertiary/aromatic N) is 3. The van der Waals surface area contributed by atoms with E-state index in [1.807, 2.05) is 49.7 Å². The van der Waals surface area contributed by atoms with Crippen LogP contribution in [0.5, 0.6) is 0 Å². The molecular formula is C32H58N4O8. The molecule has 44 heavy (non-hydrogen) atoms. The number of hydrogen-bond donors (Lipinski definition) is 2. The normalized spacial score (nSPS) is 40.1. The van der Waals surface area contributed by atoms with Crippen LogP contribution in [0.3, 0.4) is 0 Å². The Morgan fingerprint density at radius 1 is 1.09 bits per heavy atom. The summed E-state index contributed by atoms with van der Waals surface area (Å²) in [4.78, 5) is 47.5. The highest BCUT2D eigenvalue weighted by Gasteiger charge is 2.52. The Bertz CT molecular complexity index is 1000. The molecule has 2 N–H and O–H groups in total. The highest BCUT2D eigenvalue weighted by atomic mass is 16.7. The van der Waals surface area contributed by atoms with Crippen LogP contribution in [0.25, 0.3) is 0 Å². The number of amides is 1. The van der Waals surface area contributed by atoms with Crippen LogP contribution in [-0.2, 0) is 33.3 Å². The zero-order valence-corrected chi connectivity index (χ0v) is 28.8. The number of carbonyl (C=O) groups is 3. The minimum absolute atomic E-state index is 0.0148. The van der Waals surface area contributed by atoms with Crippen LogP contribution in [-0.4, -0.2) is 147 Å². The average Bonchev–Trinajstić information content (AvgIpc) is 2.96. The van der Waals surface area contributed by atoms with Crippen molar-refractivity contribution in [2.45, 2.75) is 110 Å². The van der Waals surface area contributed by atoms with E-state index >= 15 is 0 Å². The smallest absolute Gasteiger partial charge is 0.319 e. The van der Waals surface area contributed by atoms with E-state index in [0.29, 0.717) is 45.6 Å². The zero-order valence-electron chi connectivity index (χ0n) is 28.8. The molecule has 3 heterocycles. The van der Waals surface area contributed by atoms with E-state index in [4.69, 9.17) is 18.9 Å². The molecule has 1 unspecified atom stereocenters. The van der Waals surface area contributed by atoms with Crippen molar-refractivity contribution in [2.24, 2.45) is 17.3 Å². The Hall–Kier alpha value is -1.67. The number of piperazine rings is 1. The summed E-state index contributed by atoms with van der Waals surface area (Å²) in [6.45, 7) is 15.5. The minimum Gasteiger partial charge on any atom is -0.460 e. The van der Waals surface area contributed by atoms with Crippen LogP contribution in [0.15, 0.2) is 0 Å². The van der Waals surface area contributed by atoms with E-state index < -0.39 is 53.5 Å². The van der Waals surface area contributed by atoms with Gasteiger partial charge >= 0.3 is 5.97 Å². The van der Waals surface area contributed by atoms with Crippen LogP contribution in [0.1, 0.15) is 61.3 Å². The third-order valence-electron chi connectivity index (χ3n) is 9.87. The van der Waals surface area contributed by atoms with Crippen LogP contribution in [0, 0.1) is 17.3 Å². The summed E-state index contributed by atoms with van der Waals surface area (Å²) in [6.07, 6.45) is -2.72. The summed E-state index contributed by atoms with van der Waals surface area (Å²) in [7, 11) is 7.27. The van der Waals surface area contributed by atoms with E-state index in [-0.39, 0.29) is 29.8 Å². The maximum absolute atomic E-state index is 14.2. The van der Waals surface area contributed by atoms with E-state index in [9.17, 15) is 19.5 Å². The van der Waals surface area contributed by atoms with E-state index in [1.54, 1.807) is 34.8 Å². The van der Waals surface area contributed by atoms with Crippen LogP contribution >= 0.6 is 0 Å². The highest BCUT2D eigenvalue weighted by molar-refractivity contribution is 6.04. The molecule has 3 rings (SSSR count). The lowest BCUT2D eigenvalue weighted by Gasteiger charge is -2.47. The number of nitrogens with one attached hydrogen (secondary N) is 1. The SMILES string of the molecule is CO[C@]1(C)C[C@@H](C)CN(C)C(C(=O)N2CCNCC2)[C@H](C)OC(=O)C(C)(C)C(=O)[C@H](C)[C@H]1O[C@@H]1O[C@H](C)C[C@H](N(C)C)[C@H]1O. The molecule has 1 amide bonds. The number of carbonyl (C=O) groups excluding carboxylic acids is 3. The lowest BCUT2D eigenvalue weighted by Crippen LogP contribution is -2.59. The van der Waals surface area contributed by atoms with Gasteiger partial charge in [0.25, 0.3) is 0 Å². The maximum atomic E-state index is 14.2. The van der Waals surface area contributed by atoms with Crippen molar-refractivity contribution in [3.63, 3.8) is 0 Å². The van der Waals surface area contributed by atoms with Gasteiger partial charge in [0, 0.05) is 51.8 Å². The van der Waals surface area contributed by atoms with Gasteiger partial charge in [0.05, 0.1) is 17.8 Å². The predicted molar refractivity (Wildman–Crippen MR) is 166 cm³/mol. The first-order valence-corrected chi connectivity index (χ1v) is 16.1. The van der Waals surface area contributed by atoms with Crippen molar-refractivity contribution < 1.29 is 38.4 Å². The topological polar surface area (TPSA) is 130 Å². The Morgan fingerprint density at radius 2 is 1.70 bits per heavy atom. The number of hydrogen-bond acceptors (Lipinski definition) is 11. The van der Waals surface area contributed by atoms with Gasteiger partial charge in [-0.2, -0.15) is 0 Å². The molecule has 0 bridgehead atoms. The van der Waals surface area contributed by atoms with E-state index in [0.717, 1.165) is 0 Å². The molecular weight excluding hydrogens is 568 g/mol. The molecule has 0 aliphatic carbocycles. The molecule has 3 saturated heterocycles. The first-order chi connectivity index (χ1) is 20.4. The molecule has 0 saturated carbocycles. The lowest BCUT2D eigenvalue weighted by molar-refractivity contribution is -0.295. The first kappa shape index (κ1) is 36.8. The Balaban J connectivity index is 2.03. The number of ketones is 1. The van der Waals surface area contributed by atoms with Crippen molar-refractivity contribution in [2.75, 3.05) is 61.0 Å². The summed E-state index contributed by atoms with van der Waals surface area (Å²) >= 11 is 0. The monoisotopic (exact) mass is 626 g/mol. The molecule has 0 aromatic carbocycles. The third kappa shape index (κ3) is 8.00. The molecule has 12 nitrogen and oxygen atoms in total. The summed E-state index contributed by atoms with van der Waals surface area (Å²) in [6, 6.07) is -0.927. The third-order valence-corrected chi connectivity index (χ3v) is 9.87. The number of cyclic esters (lactones) is 1. The van der Waals surface area contributed by atoms with Crippen molar-refractivity contribution in [1.29, 1.82) is 0 Å². The second-order valence-electron chi connectivity index (χ2n) is 14.3. The average molecular weight is 627 g/mol. The number of aliphatic hydroxyl groups is 1. The molecule has 3 fully saturated rings. The fourth-order valence-corrected chi connectivity index (χ4v) is 7.27. The molecule has 3 aliphatic heterocycles. The molecule has 0 radical (unpaired) electrons. The van der Waals surface area contributed by atoms with Crippen molar-refractivity contribution in [3.8, 4) is 0 Å². The van der Waals surface area contributed by atoms with Gasteiger partial charge in [0.15, 0.2) is 12.1 Å². The Morgan fingerprint density at radius 3 is 2.27 bits per heavy atom. The minimum atomic E-state index is -1.55. The number of esters is 1. The number of likely N-dealkylation sites (N-methyl/N-ethyl adjacent to an activating group) is 2. The molecule has 254 valence electrons. The molecule has 12 heteroatoms. The Labute approximate surface area is 264 Å². The zero-order chi connectivity index (χ0) is 33.1. The summed E-state index contributed by atoms with van der Waals surface area (Å²) in [5.74, 6) is -2.02. The molecule has 0 aromatic heterocycles.